The van der Waals surface area contributed by atoms with Gasteiger partial charge < -0.3 is 25.2 Å². The van der Waals surface area contributed by atoms with Crippen LogP contribution in [-0.2, 0) is 25.7 Å². The molecule has 150 valence electrons. The Labute approximate surface area is 159 Å². The molecule has 8 heteroatoms. The van der Waals surface area contributed by atoms with Crippen molar-refractivity contribution in [3.8, 4) is 0 Å². The second-order valence-corrected chi connectivity index (χ2v) is 7.39. The van der Waals surface area contributed by atoms with Crippen LogP contribution in [0, 0.1) is 5.92 Å². The lowest BCUT2D eigenvalue weighted by Gasteiger charge is -2.26. The molecule has 3 N–H and O–H groups in total. The number of rotatable bonds is 8. The monoisotopic (exact) mass is 380 g/mol. The van der Waals surface area contributed by atoms with Crippen molar-refractivity contribution in [3.63, 3.8) is 0 Å². The van der Waals surface area contributed by atoms with Crippen LogP contribution in [0.25, 0.3) is 0 Å². The molecule has 1 aromatic carbocycles. The summed E-state index contributed by atoms with van der Waals surface area (Å²) < 4.78 is 10.4. The highest BCUT2D eigenvalue weighted by molar-refractivity contribution is 5.88. The van der Waals surface area contributed by atoms with E-state index >= 15 is 0 Å². The summed E-state index contributed by atoms with van der Waals surface area (Å²) in [6.07, 6.45) is -2.30. The minimum absolute atomic E-state index is 0.0178. The van der Waals surface area contributed by atoms with Crippen LogP contribution >= 0.6 is 0 Å². The Morgan fingerprint density at radius 2 is 1.67 bits per heavy atom. The molecule has 0 fully saturated rings. The largest absolute Gasteiger partial charge is 0.478 e. The lowest BCUT2D eigenvalue weighted by Crippen LogP contribution is -2.54. The van der Waals surface area contributed by atoms with Crippen LogP contribution in [0.5, 0.6) is 0 Å². The van der Waals surface area contributed by atoms with Crippen molar-refractivity contribution in [2.75, 3.05) is 0 Å². The van der Waals surface area contributed by atoms with Crippen molar-refractivity contribution in [3.05, 3.63) is 35.9 Å². The van der Waals surface area contributed by atoms with Crippen LogP contribution in [0.2, 0.25) is 0 Å². The molecule has 0 radical (unpaired) electrons. The zero-order valence-corrected chi connectivity index (χ0v) is 16.3. The molecule has 0 aliphatic heterocycles. The van der Waals surface area contributed by atoms with Gasteiger partial charge in [0.25, 0.3) is 0 Å². The van der Waals surface area contributed by atoms with Gasteiger partial charge in [0.15, 0.2) is 0 Å². The van der Waals surface area contributed by atoms with Crippen molar-refractivity contribution in [1.82, 2.24) is 10.6 Å². The number of alkyl carbamates (subject to hydrolysis) is 1. The van der Waals surface area contributed by atoms with Crippen LogP contribution in [0.1, 0.15) is 40.2 Å². The normalized spacial score (nSPS) is 13.6. The molecule has 1 aromatic rings. The van der Waals surface area contributed by atoms with Gasteiger partial charge in [0.05, 0.1) is 6.61 Å². The van der Waals surface area contributed by atoms with Crippen LogP contribution < -0.4 is 10.6 Å². The standard InChI is InChI=1S/C19H28N2O6/c1-12(2)14(20-18(25)27-19(3,4)5)15(22)21-16(17(23)24)26-11-13-9-7-6-8-10-13/h6-10,12,14,16H,11H2,1-5H3,(H,20,25)(H,21,22)(H,23,24)/t14-,16+/m0/s1. The van der Waals surface area contributed by atoms with E-state index in [9.17, 15) is 19.5 Å². The molecular weight excluding hydrogens is 352 g/mol. The molecular formula is C19H28N2O6. The number of carboxylic acids is 1. The topological polar surface area (TPSA) is 114 Å². The molecule has 0 saturated heterocycles. The van der Waals surface area contributed by atoms with E-state index in [1.54, 1.807) is 58.9 Å². The lowest BCUT2D eigenvalue weighted by atomic mass is 10.0. The Morgan fingerprint density at radius 3 is 2.15 bits per heavy atom. The third-order valence-electron chi connectivity index (χ3n) is 3.38. The highest BCUT2D eigenvalue weighted by atomic mass is 16.6. The van der Waals surface area contributed by atoms with E-state index in [4.69, 9.17) is 9.47 Å². The summed E-state index contributed by atoms with van der Waals surface area (Å²) in [5.41, 5.74) is 0.0510. The zero-order chi connectivity index (χ0) is 20.6. The molecule has 8 nitrogen and oxygen atoms in total. The first-order valence-electron chi connectivity index (χ1n) is 8.68. The van der Waals surface area contributed by atoms with E-state index in [0.717, 1.165) is 5.56 Å². The number of hydrogen-bond acceptors (Lipinski definition) is 5. The van der Waals surface area contributed by atoms with Crippen molar-refractivity contribution >= 4 is 18.0 Å². The molecule has 0 aromatic heterocycles. The van der Waals surface area contributed by atoms with Gasteiger partial charge in [-0.25, -0.2) is 9.59 Å². The highest BCUT2D eigenvalue weighted by Gasteiger charge is 2.30. The van der Waals surface area contributed by atoms with Gasteiger partial charge in [-0.1, -0.05) is 44.2 Å². The third-order valence-corrected chi connectivity index (χ3v) is 3.38. The maximum absolute atomic E-state index is 12.5. The number of benzene rings is 1. The molecule has 0 saturated carbocycles. The average molecular weight is 380 g/mol. The van der Waals surface area contributed by atoms with Gasteiger partial charge in [-0.15, -0.1) is 0 Å². The third kappa shape index (κ3) is 8.54. The Balaban J connectivity index is 2.72. The van der Waals surface area contributed by atoms with Gasteiger partial charge in [-0.3, -0.25) is 4.79 Å². The van der Waals surface area contributed by atoms with Gasteiger partial charge in [0, 0.05) is 0 Å². The lowest BCUT2D eigenvalue weighted by molar-refractivity contribution is -0.157. The maximum atomic E-state index is 12.5. The second kappa shape index (κ2) is 9.91. The minimum atomic E-state index is -1.54. The Hall–Kier alpha value is -2.61. The van der Waals surface area contributed by atoms with Crippen molar-refractivity contribution in [2.24, 2.45) is 5.92 Å². The van der Waals surface area contributed by atoms with Crippen molar-refractivity contribution < 1.29 is 29.0 Å². The number of carbonyl (C=O) groups excluding carboxylic acids is 2. The summed E-state index contributed by atoms with van der Waals surface area (Å²) in [5.74, 6) is -2.29. The number of nitrogens with one attached hydrogen (secondary N) is 2. The van der Waals surface area contributed by atoms with Crippen molar-refractivity contribution in [1.29, 1.82) is 0 Å². The summed E-state index contributed by atoms with van der Waals surface area (Å²) in [6, 6.07) is 8.01. The molecule has 1 rings (SSSR count). The minimum Gasteiger partial charge on any atom is -0.478 e. The number of carboxylic acid groups (broad SMARTS) is 1. The van der Waals surface area contributed by atoms with E-state index in [0.29, 0.717) is 0 Å². The summed E-state index contributed by atoms with van der Waals surface area (Å²) >= 11 is 0. The van der Waals surface area contributed by atoms with E-state index in [1.807, 2.05) is 6.07 Å². The van der Waals surface area contributed by atoms with E-state index in [-0.39, 0.29) is 12.5 Å². The van der Waals surface area contributed by atoms with Gasteiger partial charge in [-0.2, -0.15) is 0 Å². The van der Waals surface area contributed by atoms with Crippen LogP contribution in [-0.4, -0.2) is 40.9 Å². The summed E-state index contributed by atoms with van der Waals surface area (Å²) in [7, 11) is 0. The molecule has 0 unspecified atom stereocenters. The number of hydrogen-bond donors (Lipinski definition) is 3. The molecule has 0 bridgehead atoms. The van der Waals surface area contributed by atoms with Crippen LogP contribution in [0.15, 0.2) is 30.3 Å². The first-order chi connectivity index (χ1) is 12.5. The molecule has 0 heterocycles. The average Bonchev–Trinajstić information content (AvgIpc) is 2.55. The molecule has 2 atom stereocenters. The maximum Gasteiger partial charge on any atom is 0.408 e. The van der Waals surface area contributed by atoms with E-state index in [2.05, 4.69) is 10.6 Å². The van der Waals surface area contributed by atoms with Crippen molar-refractivity contribution in [2.45, 2.75) is 59.1 Å². The molecule has 27 heavy (non-hydrogen) atoms. The molecule has 0 aliphatic carbocycles. The molecule has 0 aliphatic rings. The zero-order valence-electron chi connectivity index (χ0n) is 16.3. The van der Waals surface area contributed by atoms with Gasteiger partial charge in [0.2, 0.25) is 12.1 Å². The predicted molar refractivity (Wildman–Crippen MR) is 98.8 cm³/mol. The molecule has 2 amide bonds. The summed E-state index contributed by atoms with van der Waals surface area (Å²) in [6.45, 7) is 8.58. The number of carbonyl (C=O) groups is 3. The second-order valence-electron chi connectivity index (χ2n) is 7.39. The Bertz CT molecular complexity index is 639. The van der Waals surface area contributed by atoms with Gasteiger partial charge >= 0.3 is 12.1 Å². The predicted octanol–water partition coefficient (Wildman–Crippen LogP) is 2.28. The first kappa shape index (κ1) is 22.4. The summed E-state index contributed by atoms with van der Waals surface area (Å²) in [5, 5.41) is 14.1. The fraction of sp³-hybridized carbons (Fsp3) is 0.526. The van der Waals surface area contributed by atoms with E-state index in [1.165, 1.54) is 0 Å². The Kier molecular flexibility index (Phi) is 8.24. The van der Waals surface area contributed by atoms with E-state index < -0.39 is 35.8 Å². The number of aliphatic carboxylic acids is 1. The SMILES string of the molecule is CC(C)[C@H](NC(=O)OC(C)(C)C)C(=O)N[C@H](OCc1ccccc1)C(=O)O. The van der Waals surface area contributed by atoms with Crippen LogP contribution in [0.4, 0.5) is 4.79 Å². The smallest absolute Gasteiger partial charge is 0.408 e. The first-order valence-corrected chi connectivity index (χ1v) is 8.68. The number of amides is 2. The molecule has 0 spiro atoms. The highest BCUT2D eigenvalue weighted by Crippen LogP contribution is 2.09. The quantitative estimate of drug-likeness (QED) is 0.596. The van der Waals surface area contributed by atoms with Gasteiger partial charge in [0.1, 0.15) is 11.6 Å². The Morgan fingerprint density at radius 1 is 1.07 bits per heavy atom. The number of ether oxygens (including phenoxy) is 2. The fourth-order valence-electron chi connectivity index (χ4n) is 2.12. The van der Waals surface area contributed by atoms with Gasteiger partial charge in [-0.05, 0) is 32.3 Å². The summed E-state index contributed by atoms with van der Waals surface area (Å²) in [4.78, 5) is 35.8. The van der Waals surface area contributed by atoms with Crippen LogP contribution in [0.3, 0.4) is 0 Å². The fourth-order valence-corrected chi connectivity index (χ4v) is 2.12.